The first kappa shape index (κ1) is 23.9. The van der Waals surface area contributed by atoms with Crippen LogP contribution in [0.1, 0.15) is 59.3 Å². The van der Waals surface area contributed by atoms with Crippen molar-refractivity contribution in [2.45, 2.75) is 43.5 Å². The van der Waals surface area contributed by atoms with Crippen molar-refractivity contribution in [1.29, 1.82) is 0 Å². The Morgan fingerprint density at radius 1 is 1.09 bits per heavy atom. The van der Waals surface area contributed by atoms with Gasteiger partial charge in [0.25, 0.3) is 5.91 Å². The maximum atomic E-state index is 13.5. The van der Waals surface area contributed by atoms with E-state index in [0.29, 0.717) is 24.7 Å². The smallest absolute Gasteiger partial charge is 0.252 e. The summed E-state index contributed by atoms with van der Waals surface area (Å²) < 4.78 is 33.7. The number of aromatic nitrogens is 3. The molecule has 2 N–H and O–H groups in total. The summed E-state index contributed by atoms with van der Waals surface area (Å²) in [6.45, 7) is 2.70. The molecule has 3 aromatic rings. The number of H-pyrrole nitrogens is 1. The maximum absolute atomic E-state index is 13.5. The highest BCUT2D eigenvalue weighted by Gasteiger charge is 2.30. The average molecular weight is 484 g/mol. The van der Waals surface area contributed by atoms with Crippen LogP contribution in [0.15, 0.2) is 53.4 Å². The molecule has 2 heterocycles. The molecule has 0 bridgehead atoms. The Morgan fingerprint density at radius 2 is 1.79 bits per heavy atom. The molecule has 10 heteroatoms. The van der Waals surface area contributed by atoms with Crippen LogP contribution in [-0.2, 0) is 10.0 Å². The number of methoxy groups -OCH3 is 1. The molecule has 1 amide bonds. The van der Waals surface area contributed by atoms with Crippen molar-refractivity contribution < 1.29 is 17.9 Å². The number of benzene rings is 2. The molecule has 1 saturated heterocycles. The van der Waals surface area contributed by atoms with Gasteiger partial charge in [-0.05, 0) is 43.5 Å². The van der Waals surface area contributed by atoms with Crippen LogP contribution in [0.4, 0.5) is 0 Å². The molecule has 1 aromatic heterocycles. The van der Waals surface area contributed by atoms with Gasteiger partial charge in [0.05, 0.1) is 7.11 Å². The number of carbonyl (C=O) groups is 1. The van der Waals surface area contributed by atoms with Crippen molar-refractivity contribution in [2.24, 2.45) is 0 Å². The van der Waals surface area contributed by atoms with Gasteiger partial charge in [-0.15, -0.1) is 0 Å². The van der Waals surface area contributed by atoms with Crippen LogP contribution in [0.2, 0.25) is 0 Å². The third-order valence-electron chi connectivity index (χ3n) is 5.89. The number of sulfonamides is 1. The van der Waals surface area contributed by atoms with E-state index in [1.807, 2.05) is 30.3 Å². The van der Waals surface area contributed by atoms with Gasteiger partial charge in [-0.1, -0.05) is 43.2 Å². The highest BCUT2D eigenvalue weighted by Crippen LogP contribution is 2.30. The van der Waals surface area contributed by atoms with Crippen LogP contribution in [0.5, 0.6) is 5.75 Å². The van der Waals surface area contributed by atoms with Crippen molar-refractivity contribution in [3.8, 4) is 5.75 Å². The summed E-state index contributed by atoms with van der Waals surface area (Å²) in [5.74, 6) is 0.819. The molecule has 1 aliphatic heterocycles. The molecule has 0 spiro atoms. The Kier molecular flexibility index (Phi) is 7.28. The van der Waals surface area contributed by atoms with Gasteiger partial charge >= 0.3 is 0 Å². The van der Waals surface area contributed by atoms with Crippen LogP contribution in [0, 0.1) is 6.92 Å². The van der Waals surface area contributed by atoms with Crippen molar-refractivity contribution >= 4 is 15.9 Å². The number of nitrogens with zero attached hydrogens (tertiary/aromatic N) is 3. The molecule has 1 aliphatic rings. The number of ether oxygens (including phenoxy) is 1. The summed E-state index contributed by atoms with van der Waals surface area (Å²) in [4.78, 5) is 17.7. The second-order valence-corrected chi connectivity index (χ2v) is 10.2. The zero-order valence-electron chi connectivity index (χ0n) is 19.3. The SMILES string of the molecule is COc1ccc(C(=O)NC(c2ccccc2)c2n[nH]c(C)n2)cc1S(=O)(=O)N1CCCCCC1. The lowest BCUT2D eigenvalue weighted by atomic mass is 10.1. The van der Waals surface area contributed by atoms with E-state index in [1.165, 1.54) is 23.5 Å². The first-order valence-corrected chi connectivity index (χ1v) is 12.8. The molecule has 4 rings (SSSR count). The zero-order valence-corrected chi connectivity index (χ0v) is 20.1. The molecule has 2 aromatic carbocycles. The van der Waals surface area contributed by atoms with E-state index in [2.05, 4.69) is 20.5 Å². The van der Waals surface area contributed by atoms with E-state index in [0.717, 1.165) is 31.2 Å². The maximum Gasteiger partial charge on any atom is 0.252 e. The number of nitrogens with one attached hydrogen (secondary N) is 2. The normalized spacial score (nSPS) is 15.9. The van der Waals surface area contributed by atoms with Crippen LogP contribution in [0.3, 0.4) is 0 Å². The van der Waals surface area contributed by atoms with Crippen LogP contribution < -0.4 is 10.1 Å². The Morgan fingerprint density at radius 3 is 2.41 bits per heavy atom. The number of aromatic amines is 1. The first-order chi connectivity index (χ1) is 16.4. The van der Waals surface area contributed by atoms with E-state index < -0.39 is 22.0 Å². The number of rotatable bonds is 7. The quantitative estimate of drug-likeness (QED) is 0.533. The fourth-order valence-electron chi connectivity index (χ4n) is 4.09. The van der Waals surface area contributed by atoms with E-state index in [-0.39, 0.29) is 16.2 Å². The number of amides is 1. The van der Waals surface area contributed by atoms with Gasteiger partial charge in [0, 0.05) is 18.7 Å². The van der Waals surface area contributed by atoms with Gasteiger partial charge in [-0.25, -0.2) is 13.4 Å². The van der Waals surface area contributed by atoms with Crippen molar-refractivity contribution in [2.75, 3.05) is 20.2 Å². The Hall–Kier alpha value is -3.24. The summed E-state index contributed by atoms with van der Waals surface area (Å²) in [6.07, 6.45) is 3.65. The van der Waals surface area contributed by atoms with Crippen molar-refractivity contribution in [3.63, 3.8) is 0 Å². The topological polar surface area (TPSA) is 117 Å². The summed E-state index contributed by atoms with van der Waals surface area (Å²) >= 11 is 0. The number of carbonyl (C=O) groups excluding carboxylic acids is 1. The van der Waals surface area contributed by atoms with E-state index in [9.17, 15) is 13.2 Å². The molecule has 0 radical (unpaired) electrons. The van der Waals surface area contributed by atoms with Crippen LogP contribution in [0.25, 0.3) is 0 Å². The minimum absolute atomic E-state index is 0.00505. The predicted octanol–water partition coefficient (Wildman–Crippen LogP) is 3.21. The van der Waals surface area contributed by atoms with Gasteiger partial charge < -0.3 is 10.1 Å². The minimum atomic E-state index is -3.81. The zero-order chi connectivity index (χ0) is 24.1. The van der Waals surface area contributed by atoms with Crippen LogP contribution >= 0.6 is 0 Å². The Balaban J connectivity index is 1.66. The molecule has 9 nitrogen and oxygen atoms in total. The second kappa shape index (κ2) is 10.4. The molecule has 1 atom stereocenters. The van der Waals surface area contributed by atoms with Gasteiger partial charge in [0.1, 0.15) is 22.5 Å². The van der Waals surface area contributed by atoms with Gasteiger partial charge in [-0.3, -0.25) is 9.89 Å². The summed E-state index contributed by atoms with van der Waals surface area (Å²) in [6, 6.07) is 13.2. The third-order valence-corrected chi connectivity index (χ3v) is 7.81. The summed E-state index contributed by atoms with van der Waals surface area (Å²) in [5, 5.41) is 9.98. The fraction of sp³-hybridized carbons (Fsp3) is 0.375. The number of hydrogen-bond acceptors (Lipinski definition) is 6. The molecule has 180 valence electrons. The van der Waals surface area contributed by atoms with E-state index >= 15 is 0 Å². The molecule has 0 saturated carbocycles. The van der Waals surface area contributed by atoms with Gasteiger partial charge in [-0.2, -0.15) is 9.40 Å². The summed E-state index contributed by atoms with van der Waals surface area (Å²) in [7, 11) is -2.39. The number of hydrogen-bond donors (Lipinski definition) is 2. The molecular formula is C24H29N5O4S. The monoisotopic (exact) mass is 483 g/mol. The molecular weight excluding hydrogens is 454 g/mol. The summed E-state index contributed by atoms with van der Waals surface area (Å²) in [5.41, 5.74) is 1.02. The molecule has 1 unspecified atom stereocenters. The third kappa shape index (κ3) is 5.13. The molecule has 1 fully saturated rings. The van der Waals surface area contributed by atoms with Crippen molar-refractivity contribution in [3.05, 3.63) is 71.3 Å². The second-order valence-electron chi connectivity index (χ2n) is 8.28. The fourth-order valence-corrected chi connectivity index (χ4v) is 5.79. The lowest BCUT2D eigenvalue weighted by molar-refractivity contribution is 0.0941. The largest absolute Gasteiger partial charge is 0.495 e. The van der Waals surface area contributed by atoms with Crippen molar-refractivity contribution in [1.82, 2.24) is 24.8 Å². The minimum Gasteiger partial charge on any atom is -0.495 e. The molecule has 34 heavy (non-hydrogen) atoms. The molecule has 0 aliphatic carbocycles. The predicted molar refractivity (Wildman–Crippen MR) is 127 cm³/mol. The standard InChI is InChI=1S/C24H29N5O4S/c1-17-25-23(28-27-17)22(18-10-6-5-7-11-18)26-24(30)19-12-13-20(33-2)21(16-19)34(31,32)29-14-8-3-4-9-15-29/h5-7,10-13,16,22H,3-4,8-9,14-15H2,1-2H3,(H,26,30)(H,25,27,28). The Labute approximate surface area is 199 Å². The highest BCUT2D eigenvalue weighted by atomic mass is 32.2. The average Bonchev–Trinajstić information content (AvgIpc) is 3.09. The lowest BCUT2D eigenvalue weighted by Crippen LogP contribution is -2.33. The first-order valence-electron chi connectivity index (χ1n) is 11.3. The van der Waals surface area contributed by atoms with Crippen LogP contribution in [-0.4, -0.2) is 54.0 Å². The van der Waals surface area contributed by atoms with E-state index in [4.69, 9.17) is 4.74 Å². The highest BCUT2D eigenvalue weighted by molar-refractivity contribution is 7.89. The van der Waals surface area contributed by atoms with Gasteiger partial charge in [0.2, 0.25) is 10.0 Å². The Bertz CT molecular complexity index is 1240. The van der Waals surface area contributed by atoms with Gasteiger partial charge in [0.15, 0.2) is 5.82 Å². The number of aryl methyl sites for hydroxylation is 1. The van der Waals surface area contributed by atoms with E-state index in [1.54, 1.807) is 13.0 Å². The lowest BCUT2D eigenvalue weighted by Gasteiger charge is -2.22.